The van der Waals surface area contributed by atoms with Crippen molar-refractivity contribution in [2.45, 2.75) is 86.1 Å². The van der Waals surface area contributed by atoms with Gasteiger partial charge in [-0.1, -0.05) is 90.2 Å². The molecule has 2 aromatic rings. The zero-order chi connectivity index (χ0) is 37.8. The lowest BCUT2D eigenvalue weighted by atomic mass is 9.89. The molecule has 51 heavy (non-hydrogen) atoms. The first kappa shape index (κ1) is 43.4. The Bertz CT molecular complexity index is 1530. The largest absolute Gasteiger partial charge is 0.490 e. The summed E-state index contributed by atoms with van der Waals surface area (Å²) in [6, 6.07) is 13.4. The number of sulfonamides is 1. The normalized spacial score (nSPS) is 14.5. The lowest BCUT2D eigenvalue weighted by Gasteiger charge is -2.29. The third-order valence-electron chi connectivity index (χ3n) is 9.00. The highest BCUT2D eigenvalue weighted by Crippen LogP contribution is 2.29. The number of aromatic carboxylic acids is 1. The fraction of sp³-hybridized carbons (Fsp3) is 0.537. The van der Waals surface area contributed by atoms with E-state index in [0.29, 0.717) is 49.1 Å². The molecule has 0 bridgehead atoms. The van der Waals surface area contributed by atoms with Crippen LogP contribution in [0.1, 0.15) is 94.6 Å². The summed E-state index contributed by atoms with van der Waals surface area (Å²) in [5.41, 5.74) is 5.25. The van der Waals surface area contributed by atoms with Crippen molar-refractivity contribution in [3.8, 4) is 5.75 Å². The van der Waals surface area contributed by atoms with Crippen LogP contribution < -0.4 is 9.64 Å². The van der Waals surface area contributed by atoms with E-state index in [1.165, 1.54) is 41.8 Å². The van der Waals surface area contributed by atoms with E-state index in [2.05, 4.69) is 36.6 Å². The van der Waals surface area contributed by atoms with Crippen LogP contribution in [0.2, 0.25) is 0 Å². The van der Waals surface area contributed by atoms with E-state index in [-0.39, 0.29) is 6.61 Å². The number of carboxylic acid groups (broad SMARTS) is 1. The molecule has 1 saturated heterocycles. The first-order valence-corrected chi connectivity index (χ1v) is 20.4. The van der Waals surface area contributed by atoms with Gasteiger partial charge in [0, 0.05) is 50.8 Å². The van der Waals surface area contributed by atoms with Gasteiger partial charge in [-0.15, -0.1) is 0 Å². The second-order valence-electron chi connectivity index (χ2n) is 12.9. The van der Waals surface area contributed by atoms with E-state index in [0.717, 1.165) is 42.9 Å². The van der Waals surface area contributed by atoms with Crippen LogP contribution >= 0.6 is 0 Å². The van der Waals surface area contributed by atoms with E-state index in [9.17, 15) is 18.3 Å². The number of unbranched alkanes of at least 4 members (excludes halogenated alkanes) is 1. The Morgan fingerprint density at radius 1 is 1.02 bits per heavy atom. The maximum Gasteiger partial charge on any atom is 0.335 e. The SMILES string of the molecule is CC.CCCCC(CCC)Cc1ccc(C(=O)O)cc1N(C)Cc1ccc(OC/C=C/C(=CC/C=C(\C)N2CCOCC2)N(C)S(C)(=O)=O)cc1. The minimum atomic E-state index is -3.43. The number of hydrogen-bond acceptors (Lipinski definition) is 7. The Morgan fingerprint density at radius 2 is 1.71 bits per heavy atom. The number of carbonyl (C=O) groups is 1. The molecule has 0 aliphatic carbocycles. The first-order chi connectivity index (χ1) is 24.4. The van der Waals surface area contributed by atoms with Crippen molar-refractivity contribution in [3.63, 3.8) is 0 Å². The summed E-state index contributed by atoms with van der Waals surface area (Å²) in [5.74, 6) is 0.362. The zero-order valence-corrected chi connectivity index (χ0v) is 33.2. The van der Waals surface area contributed by atoms with Gasteiger partial charge in [0.1, 0.15) is 12.4 Å². The van der Waals surface area contributed by atoms with Crippen LogP contribution in [0.4, 0.5) is 5.69 Å². The molecule has 1 N–H and O–H groups in total. The minimum Gasteiger partial charge on any atom is -0.490 e. The van der Waals surface area contributed by atoms with E-state index in [1.807, 2.05) is 63.4 Å². The molecule has 1 aliphatic heterocycles. The van der Waals surface area contributed by atoms with Gasteiger partial charge in [-0.05, 0) is 73.2 Å². The number of anilines is 1. The number of morpholine rings is 1. The Morgan fingerprint density at radius 3 is 2.31 bits per heavy atom. The molecular weight excluding hydrogens is 663 g/mol. The summed E-state index contributed by atoms with van der Waals surface area (Å²) in [7, 11) is 0.138. The summed E-state index contributed by atoms with van der Waals surface area (Å²) in [5, 5.41) is 9.69. The number of ether oxygens (including phenoxy) is 2. The molecule has 1 aliphatic rings. The maximum atomic E-state index is 12.3. The molecular formula is C41H63N3O6S. The summed E-state index contributed by atoms with van der Waals surface area (Å²) < 4.78 is 37.3. The topological polar surface area (TPSA) is 99.6 Å². The fourth-order valence-corrected chi connectivity index (χ4v) is 6.56. The second-order valence-corrected chi connectivity index (χ2v) is 14.9. The Kier molecular flexibility index (Phi) is 19.5. The van der Waals surface area contributed by atoms with Gasteiger partial charge >= 0.3 is 5.97 Å². The van der Waals surface area contributed by atoms with Crippen molar-refractivity contribution in [1.82, 2.24) is 9.21 Å². The van der Waals surface area contributed by atoms with Gasteiger partial charge in [0.2, 0.25) is 10.0 Å². The van der Waals surface area contributed by atoms with Gasteiger partial charge in [-0.2, -0.15) is 0 Å². The van der Waals surface area contributed by atoms with Crippen molar-refractivity contribution in [2.24, 2.45) is 5.92 Å². The van der Waals surface area contributed by atoms with Crippen LogP contribution in [0.15, 0.2) is 78.2 Å². The smallest absolute Gasteiger partial charge is 0.335 e. The molecule has 3 rings (SSSR count). The molecule has 0 radical (unpaired) electrons. The van der Waals surface area contributed by atoms with Gasteiger partial charge < -0.3 is 24.4 Å². The molecule has 10 heteroatoms. The van der Waals surface area contributed by atoms with Crippen LogP contribution in [0.5, 0.6) is 5.75 Å². The first-order valence-electron chi connectivity index (χ1n) is 18.5. The summed E-state index contributed by atoms with van der Waals surface area (Å²) in [4.78, 5) is 16.2. The predicted octanol–water partition coefficient (Wildman–Crippen LogP) is 8.53. The van der Waals surface area contributed by atoms with Crippen molar-refractivity contribution >= 4 is 21.7 Å². The average molecular weight is 726 g/mol. The van der Waals surface area contributed by atoms with E-state index in [1.54, 1.807) is 25.3 Å². The van der Waals surface area contributed by atoms with Gasteiger partial charge in [-0.3, -0.25) is 4.31 Å². The molecule has 1 fully saturated rings. The molecule has 2 aromatic carbocycles. The van der Waals surface area contributed by atoms with Gasteiger partial charge in [0.05, 0.1) is 25.0 Å². The van der Waals surface area contributed by atoms with Crippen molar-refractivity contribution in [3.05, 3.63) is 94.9 Å². The van der Waals surface area contributed by atoms with Crippen LogP contribution in [-0.2, 0) is 27.7 Å². The number of hydrogen-bond donors (Lipinski definition) is 1. The minimum absolute atomic E-state index is 0.277. The third-order valence-corrected chi connectivity index (χ3v) is 10.2. The zero-order valence-electron chi connectivity index (χ0n) is 32.4. The molecule has 9 nitrogen and oxygen atoms in total. The molecule has 284 valence electrons. The molecule has 1 heterocycles. The highest BCUT2D eigenvalue weighted by atomic mass is 32.2. The van der Waals surface area contributed by atoms with Crippen LogP contribution in [-0.4, -0.2) is 82.0 Å². The Hall–Kier alpha value is -3.76. The summed E-state index contributed by atoms with van der Waals surface area (Å²) in [6.45, 7) is 14.6. The van der Waals surface area contributed by atoms with Crippen molar-refractivity contribution < 1.29 is 27.8 Å². The molecule has 0 saturated carbocycles. The number of rotatable bonds is 20. The lowest BCUT2D eigenvalue weighted by Crippen LogP contribution is -2.34. The second kappa shape index (κ2) is 22.9. The molecule has 0 amide bonds. The van der Waals surface area contributed by atoms with E-state index in [4.69, 9.17) is 9.47 Å². The quantitative estimate of drug-likeness (QED) is 0.136. The Labute approximate surface area is 308 Å². The van der Waals surface area contributed by atoms with Crippen LogP contribution in [0.25, 0.3) is 0 Å². The van der Waals surface area contributed by atoms with Crippen molar-refractivity contribution in [1.29, 1.82) is 0 Å². The van der Waals surface area contributed by atoms with Crippen LogP contribution in [0.3, 0.4) is 0 Å². The third kappa shape index (κ3) is 15.2. The molecule has 0 aromatic heterocycles. The number of likely N-dealkylation sites (N-methyl/N-ethyl adjacent to an activating group) is 1. The Balaban J connectivity index is 0.00000442. The van der Waals surface area contributed by atoms with E-state index >= 15 is 0 Å². The fourth-order valence-electron chi connectivity index (χ4n) is 6.04. The van der Waals surface area contributed by atoms with Crippen LogP contribution in [0, 0.1) is 5.92 Å². The lowest BCUT2D eigenvalue weighted by molar-refractivity contribution is 0.0536. The predicted molar refractivity (Wildman–Crippen MR) is 211 cm³/mol. The summed E-state index contributed by atoms with van der Waals surface area (Å²) >= 11 is 0. The summed E-state index contributed by atoms with van der Waals surface area (Å²) in [6.07, 6.45) is 16.2. The maximum absolute atomic E-state index is 12.3. The highest BCUT2D eigenvalue weighted by Gasteiger charge is 2.17. The number of benzene rings is 2. The number of nitrogens with zero attached hydrogens (tertiary/aromatic N) is 3. The molecule has 0 spiro atoms. The van der Waals surface area contributed by atoms with Gasteiger partial charge in [0.15, 0.2) is 0 Å². The van der Waals surface area contributed by atoms with Crippen molar-refractivity contribution in [2.75, 3.05) is 58.2 Å². The standard InChI is InChI=1S/C39H57N3O6S.C2H6/c1-7-9-14-32(12-8-2)28-34-19-20-35(39(43)44)29-38(34)40(4)30-33-17-21-37(22-18-33)48-25-11-16-36(41(5)49(6,45)46)15-10-13-31(3)42-23-26-47-27-24-42;1-2/h11,13,15-22,29,32H,7-10,12,14,23-28,30H2,1-6H3,(H,43,44);1-2H3/b16-11+,31-13+,36-15?;. The molecule has 1 atom stereocenters. The highest BCUT2D eigenvalue weighted by molar-refractivity contribution is 7.88. The van der Waals surface area contributed by atoms with Gasteiger partial charge in [0.25, 0.3) is 0 Å². The average Bonchev–Trinajstić information content (AvgIpc) is 3.12. The van der Waals surface area contributed by atoms with E-state index < -0.39 is 16.0 Å². The monoisotopic (exact) mass is 725 g/mol. The number of allylic oxidation sites excluding steroid dienone is 4. The molecule has 1 unspecified atom stereocenters. The number of carboxylic acids is 1. The van der Waals surface area contributed by atoms with Gasteiger partial charge in [-0.25, -0.2) is 13.2 Å².